The van der Waals surface area contributed by atoms with Gasteiger partial charge in [0.15, 0.2) is 5.96 Å². The van der Waals surface area contributed by atoms with Crippen molar-refractivity contribution in [3.63, 3.8) is 0 Å². The van der Waals surface area contributed by atoms with Gasteiger partial charge in [-0.1, -0.05) is 13.0 Å². The molecule has 2 rings (SSSR count). The number of aryl methyl sites for hydroxylation is 2. The van der Waals surface area contributed by atoms with Gasteiger partial charge < -0.3 is 10.6 Å². The highest BCUT2D eigenvalue weighted by atomic mass is 15.3. The molecule has 0 amide bonds. The van der Waals surface area contributed by atoms with Crippen LogP contribution in [0.25, 0.3) is 0 Å². The number of aliphatic imine (C=N–C) groups is 1. The summed E-state index contributed by atoms with van der Waals surface area (Å²) in [5.74, 6) is 0.598. The number of nitrogens with two attached hydrogens (primary N) is 1. The number of nitrogens with zero attached hydrogens (tertiary/aromatic N) is 4. The van der Waals surface area contributed by atoms with E-state index in [0.717, 1.165) is 18.7 Å². The zero-order chi connectivity index (χ0) is 12.4. The first-order valence-corrected chi connectivity index (χ1v) is 5.87. The largest absolute Gasteiger partial charge is 0.370 e. The first-order valence-electron chi connectivity index (χ1n) is 5.87. The molecule has 2 heterocycles. The summed E-state index contributed by atoms with van der Waals surface area (Å²) < 4.78 is 1.86. The Labute approximate surface area is 102 Å². The molecule has 2 N–H and O–H groups in total. The molecular weight excluding hydrogens is 214 g/mol. The van der Waals surface area contributed by atoms with Crippen molar-refractivity contribution in [1.29, 1.82) is 0 Å². The molecule has 5 nitrogen and oxygen atoms in total. The van der Waals surface area contributed by atoms with Gasteiger partial charge in [0.1, 0.15) is 0 Å². The first kappa shape index (κ1) is 11.7. The van der Waals surface area contributed by atoms with Crippen molar-refractivity contribution < 1.29 is 0 Å². The Bertz CT molecular complexity index is 446. The van der Waals surface area contributed by atoms with E-state index < -0.39 is 0 Å². The summed E-state index contributed by atoms with van der Waals surface area (Å²) in [5.41, 5.74) is 8.24. The zero-order valence-electron chi connectivity index (χ0n) is 10.4. The molecule has 1 aliphatic rings. The second kappa shape index (κ2) is 4.61. The normalized spacial score (nSPS) is 19.5. The Morgan fingerprint density at radius 3 is 3.06 bits per heavy atom. The van der Waals surface area contributed by atoms with Gasteiger partial charge in [-0.2, -0.15) is 5.10 Å². The van der Waals surface area contributed by atoms with Crippen molar-refractivity contribution in [2.24, 2.45) is 17.8 Å². The molecule has 92 valence electrons. The van der Waals surface area contributed by atoms with E-state index >= 15 is 0 Å². The lowest BCUT2D eigenvalue weighted by atomic mass is 10.1. The van der Waals surface area contributed by atoms with Gasteiger partial charge in [0.25, 0.3) is 0 Å². The molecule has 0 spiro atoms. The topological polar surface area (TPSA) is 59.4 Å². The SMILES string of the molecule is C=CCN1C(N)=NCC1c1cn(C)nc1CC. The maximum atomic E-state index is 5.89. The standard InChI is InChI=1S/C12H19N5/c1-4-6-17-11(7-14-12(17)13)9-8-16(3)15-10(9)5-2/h4,8,11H,1,5-7H2,2-3H3,(H2,13,14). The van der Waals surface area contributed by atoms with Crippen molar-refractivity contribution >= 4 is 5.96 Å². The van der Waals surface area contributed by atoms with Gasteiger partial charge in [-0.05, 0) is 6.42 Å². The number of hydrogen-bond acceptors (Lipinski definition) is 4. The predicted octanol–water partition coefficient (Wildman–Crippen LogP) is 0.840. The van der Waals surface area contributed by atoms with Crippen LogP contribution in [0.1, 0.15) is 24.2 Å². The number of rotatable bonds is 4. The van der Waals surface area contributed by atoms with E-state index in [1.54, 1.807) is 0 Å². The Kier molecular flexibility index (Phi) is 3.17. The van der Waals surface area contributed by atoms with E-state index in [2.05, 4.69) is 34.7 Å². The van der Waals surface area contributed by atoms with Crippen LogP contribution >= 0.6 is 0 Å². The average Bonchev–Trinajstić information content (AvgIpc) is 2.84. The molecule has 0 saturated heterocycles. The molecular formula is C12H19N5. The monoisotopic (exact) mass is 233 g/mol. The third kappa shape index (κ3) is 2.05. The molecule has 17 heavy (non-hydrogen) atoms. The van der Waals surface area contributed by atoms with Gasteiger partial charge >= 0.3 is 0 Å². The molecule has 0 aliphatic carbocycles. The Morgan fingerprint density at radius 1 is 1.65 bits per heavy atom. The minimum absolute atomic E-state index is 0.205. The van der Waals surface area contributed by atoms with Gasteiger partial charge in [0, 0.05) is 25.4 Å². The van der Waals surface area contributed by atoms with E-state index in [0.29, 0.717) is 12.5 Å². The molecule has 0 saturated carbocycles. The van der Waals surface area contributed by atoms with Gasteiger partial charge in [-0.25, -0.2) is 0 Å². The van der Waals surface area contributed by atoms with Crippen molar-refractivity contribution in [2.75, 3.05) is 13.1 Å². The van der Waals surface area contributed by atoms with Crippen LogP contribution in [-0.2, 0) is 13.5 Å². The first-order chi connectivity index (χ1) is 8.17. The molecule has 0 radical (unpaired) electrons. The lowest BCUT2D eigenvalue weighted by Crippen LogP contribution is -2.36. The molecule has 1 aromatic heterocycles. The van der Waals surface area contributed by atoms with Crippen LogP contribution in [0.3, 0.4) is 0 Å². The van der Waals surface area contributed by atoms with Crippen LogP contribution in [0.4, 0.5) is 0 Å². The van der Waals surface area contributed by atoms with Crippen LogP contribution in [0.15, 0.2) is 23.8 Å². The van der Waals surface area contributed by atoms with Crippen LogP contribution < -0.4 is 5.73 Å². The van der Waals surface area contributed by atoms with Crippen molar-refractivity contribution in [3.8, 4) is 0 Å². The summed E-state index contributed by atoms with van der Waals surface area (Å²) in [6, 6.07) is 0.205. The number of hydrogen-bond donors (Lipinski definition) is 1. The molecule has 1 aliphatic heterocycles. The minimum atomic E-state index is 0.205. The molecule has 5 heteroatoms. The second-order valence-electron chi connectivity index (χ2n) is 4.21. The van der Waals surface area contributed by atoms with Gasteiger partial charge in [-0.15, -0.1) is 6.58 Å². The molecule has 1 atom stereocenters. The third-order valence-electron chi connectivity index (χ3n) is 3.05. The summed E-state index contributed by atoms with van der Waals surface area (Å²) in [7, 11) is 1.94. The van der Waals surface area contributed by atoms with Crippen LogP contribution in [0, 0.1) is 0 Å². The highest BCUT2D eigenvalue weighted by molar-refractivity contribution is 5.80. The lowest BCUT2D eigenvalue weighted by molar-refractivity contribution is 0.378. The fourth-order valence-electron chi connectivity index (χ4n) is 2.26. The maximum absolute atomic E-state index is 5.89. The Morgan fingerprint density at radius 2 is 2.41 bits per heavy atom. The minimum Gasteiger partial charge on any atom is -0.370 e. The summed E-state index contributed by atoms with van der Waals surface area (Å²) in [6.45, 7) is 7.30. The van der Waals surface area contributed by atoms with E-state index in [1.165, 1.54) is 5.56 Å². The van der Waals surface area contributed by atoms with E-state index in [4.69, 9.17) is 5.73 Å². The van der Waals surface area contributed by atoms with Crippen molar-refractivity contribution in [3.05, 3.63) is 30.1 Å². The lowest BCUT2D eigenvalue weighted by Gasteiger charge is -2.24. The van der Waals surface area contributed by atoms with Crippen LogP contribution in [-0.4, -0.2) is 33.7 Å². The second-order valence-corrected chi connectivity index (χ2v) is 4.21. The van der Waals surface area contributed by atoms with Crippen molar-refractivity contribution in [1.82, 2.24) is 14.7 Å². The molecule has 1 unspecified atom stereocenters. The fourth-order valence-corrected chi connectivity index (χ4v) is 2.26. The highest BCUT2D eigenvalue weighted by Gasteiger charge is 2.29. The molecule has 0 bridgehead atoms. The van der Waals surface area contributed by atoms with E-state index in [1.807, 2.05) is 17.8 Å². The number of aromatic nitrogens is 2. The summed E-state index contributed by atoms with van der Waals surface area (Å²) in [6.07, 6.45) is 4.84. The van der Waals surface area contributed by atoms with Gasteiger partial charge in [-0.3, -0.25) is 9.67 Å². The summed E-state index contributed by atoms with van der Waals surface area (Å²) in [5, 5.41) is 4.47. The van der Waals surface area contributed by atoms with Gasteiger partial charge in [0.05, 0.1) is 18.3 Å². The highest BCUT2D eigenvalue weighted by Crippen LogP contribution is 2.27. The van der Waals surface area contributed by atoms with Crippen molar-refractivity contribution in [2.45, 2.75) is 19.4 Å². The van der Waals surface area contributed by atoms with E-state index in [9.17, 15) is 0 Å². The zero-order valence-corrected chi connectivity index (χ0v) is 10.4. The molecule has 0 fully saturated rings. The van der Waals surface area contributed by atoms with E-state index in [-0.39, 0.29) is 6.04 Å². The molecule has 1 aromatic rings. The van der Waals surface area contributed by atoms with Crippen LogP contribution in [0.2, 0.25) is 0 Å². The third-order valence-corrected chi connectivity index (χ3v) is 3.05. The van der Waals surface area contributed by atoms with Gasteiger partial charge in [0.2, 0.25) is 0 Å². The Hall–Kier alpha value is -1.78. The average molecular weight is 233 g/mol. The van der Waals surface area contributed by atoms with Crippen LogP contribution in [0.5, 0.6) is 0 Å². The number of guanidine groups is 1. The summed E-state index contributed by atoms with van der Waals surface area (Å²) >= 11 is 0. The maximum Gasteiger partial charge on any atom is 0.192 e. The predicted molar refractivity (Wildman–Crippen MR) is 68.7 cm³/mol. The molecule has 0 aromatic carbocycles. The Balaban J connectivity index is 2.30. The smallest absolute Gasteiger partial charge is 0.192 e. The quantitative estimate of drug-likeness (QED) is 0.784. The summed E-state index contributed by atoms with van der Waals surface area (Å²) in [4.78, 5) is 6.39. The fraction of sp³-hybridized carbons (Fsp3) is 0.500.